The fraction of sp³-hybridized carbons (Fsp3) is 0.429. The van der Waals surface area contributed by atoms with Crippen LogP contribution in [0.1, 0.15) is 40.2 Å². The third-order valence-corrected chi connectivity index (χ3v) is 1.83. The molecule has 0 saturated carbocycles. The van der Waals surface area contributed by atoms with Crippen LogP contribution in [0.25, 0.3) is 0 Å². The minimum absolute atomic E-state index is 0.519. The summed E-state index contributed by atoms with van der Waals surface area (Å²) in [6, 6.07) is 7.02. The van der Waals surface area contributed by atoms with Crippen molar-refractivity contribution in [1.82, 2.24) is 0 Å². The molecular formula is C14H20ClNO2. The van der Waals surface area contributed by atoms with Gasteiger partial charge in [-0.05, 0) is 38.5 Å². The average molecular weight is 270 g/mol. The lowest BCUT2D eigenvalue weighted by molar-refractivity contribution is 0.0605. The van der Waals surface area contributed by atoms with Gasteiger partial charge in [-0.15, -0.1) is 0 Å². The molecule has 0 heterocycles. The summed E-state index contributed by atoms with van der Waals surface area (Å²) in [4.78, 5) is 14.9. The fourth-order valence-corrected chi connectivity index (χ4v) is 1.09. The van der Waals surface area contributed by atoms with Crippen LogP contribution in [-0.2, 0) is 4.74 Å². The summed E-state index contributed by atoms with van der Waals surface area (Å²) < 4.78 is 5.02. The molecule has 0 atom stereocenters. The van der Waals surface area contributed by atoms with E-state index >= 15 is 0 Å². The fourth-order valence-electron chi connectivity index (χ4n) is 0.964. The van der Waals surface area contributed by atoms with Crippen LogP contribution >= 0.6 is 11.6 Å². The number of nitrogens with zero attached hydrogens (tertiary/aromatic N) is 1. The molecule has 0 bridgehead atoms. The van der Waals surface area contributed by atoms with Crippen LogP contribution in [0.2, 0.25) is 5.02 Å². The maximum absolute atomic E-state index is 11.3. The summed E-state index contributed by atoms with van der Waals surface area (Å²) in [7, 11) is 0. The Morgan fingerprint density at radius 3 is 2.17 bits per heavy atom. The number of aliphatic imine (C=N–C) groups is 1. The Kier molecular flexibility index (Phi) is 7.29. The largest absolute Gasteiger partial charge is 0.442 e. The van der Waals surface area contributed by atoms with Crippen LogP contribution in [0.3, 0.4) is 0 Å². The standard InChI is InChI=1S/C12H14ClNO2.C2H6/c1-12(2,3)16-11(15)14-8-9-4-6-10(13)7-5-9;1-2/h4-8H,1-3H3;1-2H3/b14-8+;. The van der Waals surface area contributed by atoms with Gasteiger partial charge in [0.2, 0.25) is 0 Å². The van der Waals surface area contributed by atoms with Gasteiger partial charge in [0.15, 0.2) is 0 Å². The van der Waals surface area contributed by atoms with E-state index in [4.69, 9.17) is 16.3 Å². The van der Waals surface area contributed by atoms with Gasteiger partial charge < -0.3 is 4.74 Å². The lowest BCUT2D eigenvalue weighted by atomic mass is 10.2. The molecule has 1 aromatic rings. The molecule has 18 heavy (non-hydrogen) atoms. The van der Waals surface area contributed by atoms with E-state index in [-0.39, 0.29) is 0 Å². The van der Waals surface area contributed by atoms with Crippen molar-refractivity contribution in [2.45, 2.75) is 40.2 Å². The molecule has 0 aromatic heterocycles. The van der Waals surface area contributed by atoms with Gasteiger partial charge >= 0.3 is 6.09 Å². The zero-order valence-corrected chi connectivity index (χ0v) is 12.3. The van der Waals surface area contributed by atoms with Gasteiger partial charge in [-0.25, -0.2) is 4.79 Å². The second-order valence-electron chi connectivity index (χ2n) is 4.29. The topological polar surface area (TPSA) is 38.7 Å². The summed E-state index contributed by atoms with van der Waals surface area (Å²) in [5, 5.41) is 0.648. The first-order valence-corrected chi connectivity index (χ1v) is 6.27. The third kappa shape index (κ3) is 7.85. The molecule has 1 aromatic carbocycles. The van der Waals surface area contributed by atoms with E-state index in [1.54, 1.807) is 45.0 Å². The van der Waals surface area contributed by atoms with Crippen molar-refractivity contribution in [2.75, 3.05) is 0 Å². The minimum atomic E-state index is -0.595. The molecule has 0 fully saturated rings. The highest BCUT2D eigenvalue weighted by Gasteiger charge is 2.14. The number of hydrogen-bond acceptors (Lipinski definition) is 2. The van der Waals surface area contributed by atoms with Gasteiger partial charge in [-0.3, -0.25) is 0 Å². The molecule has 0 aliphatic heterocycles. The Hall–Kier alpha value is -1.35. The number of carbonyl (C=O) groups excluding carboxylic acids is 1. The summed E-state index contributed by atoms with van der Waals surface area (Å²) in [6.07, 6.45) is 0.854. The first-order valence-electron chi connectivity index (χ1n) is 5.89. The van der Waals surface area contributed by atoms with E-state index < -0.39 is 11.7 Å². The van der Waals surface area contributed by atoms with Crippen LogP contribution in [0.4, 0.5) is 4.79 Å². The van der Waals surface area contributed by atoms with Gasteiger partial charge in [0, 0.05) is 11.2 Å². The maximum atomic E-state index is 11.3. The van der Waals surface area contributed by atoms with Crippen molar-refractivity contribution >= 4 is 23.9 Å². The zero-order valence-electron chi connectivity index (χ0n) is 11.5. The number of hydrogen-bond donors (Lipinski definition) is 0. The maximum Gasteiger partial charge on any atom is 0.434 e. The molecule has 0 aliphatic rings. The van der Waals surface area contributed by atoms with Crippen LogP contribution < -0.4 is 0 Å². The molecule has 1 amide bonds. The van der Waals surface area contributed by atoms with Crippen molar-refractivity contribution in [3.05, 3.63) is 34.9 Å². The van der Waals surface area contributed by atoms with Gasteiger partial charge in [-0.1, -0.05) is 37.6 Å². The molecule has 0 N–H and O–H groups in total. The highest BCUT2D eigenvalue weighted by atomic mass is 35.5. The molecule has 0 unspecified atom stereocenters. The second kappa shape index (κ2) is 7.88. The van der Waals surface area contributed by atoms with E-state index in [0.717, 1.165) is 5.56 Å². The van der Waals surface area contributed by atoms with E-state index in [1.165, 1.54) is 6.21 Å². The van der Waals surface area contributed by atoms with Crippen molar-refractivity contribution in [2.24, 2.45) is 4.99 Å². The van der Waals surface area contributed by atoms with Gasteiger partial charge in [-0.2, -0.15) is 4.99 Å². The predicted octanol–water partition coefficient (Wildman–Crippen LogP) is 4.72. The molecule has 3 nitrogen and oxygen atoms in total. The molecule has 1 rings (SSSR count). The minimum Gasteiger partial charge on any atom is -0.442 e. The molecule has 0 radical (unpaired) electrons. The molecule has 4 heteroatoms. The van der Waals surface area contributed by atoms with Gasteiger partial charge in [0.1, 0.15) is 5.60 Å². The molecule has 0 saturated heterocycles. The van der Waals surface area contributed by atoms with E-state index in [0.29, 0.717) is 5.02 Å². The number of rotatable bonds is 1. The smallest absolute Gasteiger partial charge is 0.434 e. The monoisotopic (exact) mass is 269 g/mol. The van der Waals surface area contributed by atoms with E-state index in [1.807, 2.05) is 13.8 Å². The first-order chi connectivity index (χ1) is 8.37. The Morgan fingerprint density at radius 2 is 1.72 bits per heavy atom. The molecule has 0 aliphatic carbocycles. The Morgan fingerprint density at radius 1 is 1.22 bits per heavy atom. The van der Waals surface area contributed by atoms with Crippen LogP contribution in [-0.4, -0.2) is 17.9 Å². The SMILES string of the molecule is CC.CC(C)(C)OC(=O)/N=C/c1ccc(Cl)cc1. The summed E-state index contributed by atoms with van der Waals surface area (Å²) >= 11 is 5.73. The second-order valence-corrected chi connectivity index (χ2v) is 4.73. The predicted molar refractivity (Wildman–Crippen MR) is 76.6 cm³/mol. The van der Waals surface area contributed by atoms with E-state index in [2.05, 4.69) is 4.99 Å². The quantitative estimate of drug-likeness (QED) is 0.692. The number of halogens is 1. The normalized spacial score (nSPS) is 10.8. The third-order valence-electron chi connectivity index (χ3n) is 1.58. The van der Waals surface area contributed by atoms with Gasteiger partial charge in [0.05, 0.1) is 0 Å². The van der Waals surface area contributed by atoms with Crippen molar-refractivity contribution in [1.29, 1.82) is 0 Å². The van der Waals surface area contributed by atoms with Gasteiger partial charge in [0.25, 0.3) is 0 Å². The summed E-state index contributed by atoms with van der Waals surface area (Å²) in [5.41, 5.74) is 0.282. The van der Waals surface area contributed by atoms with E-state index in [9.17, 15) is 4.79 Å². The van der Waals surface area contributed by atoms with Crippen molar-refractivity contribution in [3.8, 4) is 0 Å². The number of amides is 1. The Bertz CT molecular complexity index is 391. The van der Waals surface area contributed by atoms with Crippen LogP contribution in [0.15, 0.2) is 29.3 Å². The molecule has 100 valence electrons. The van der Waals surface area contributed by atoms with Crippen LogP contribution in [0.5, 0.6) is 0 Å². The number of ether oxygens (including phenoxy) is 1. The number of carbonyl (C=O) groups is 1. The van der Waals surface area contributed by atoms with Crippen molar-refractivity contribution < 1.29 is 9.53 Å². The Balaban J connectivity index is 0.00000137. The van der Waals surface area contributed by atoms with Crippen LogP contribution in [0, 0.1) is 0 Å². The molecular weight excluding hydrogens is 250 g/mol. The highest BCUT2D eigenvalue weighted by molar-refractivity contribution is 6.30. The highest BCUT2D eigenvalue weighted by Crippen LogP contribution is 2.09. The zero-order chi connectivity index (χ0) is 14.2. The lowest BCUT2D eigenvalue weighted by Gasteiger charge is -2.16. The van der Waals surface area contributed by atoms with Crippen molar-refractivity contribution in [3.63, 3.8) is 0 Å². The first kappa shape index (κ1) is 16.6. The Labute approximate surface area is 114 Å². The average Bonchev–Trinajstić information content (AvgIpc) is 2.29. The number of benzene rings is 1. The lowest BCUT2D eigenvalue weighted by Crippen LogP contribution is -2.21. The summed E-state index contributed by atoms with van der Waals surface area (Å²) in [5.74, 6) is 0. The molecule has 0 spiro atoms. The summed E-state index contributed by atoms with van der Waals surface area (Å²) in [6.45, 7) is 9.38.